The van der Waals surface area contributed by atoms with Crippen molar-refractivity contribution >= 4 is 39.0 Å². The van der Waals surface area contributed by atoms with Gasteiger partial charge in [-0.25, -0.2) is 9.97 Å². The van der Waals surface area contributed by atoms with E-state index in [2.05, 4.69) is 9.97 Å². The Balaban J connectivity index is 1.94. The summed E-state index contributed by atoms with van der Waals surface area (Å²) in [6.07, 6.45) is 0. The molecule has 2 N–H and O–H groups in total. The SMILES string of the molecule is N#Cc1cccc(Sc2nc3ccc(N)cc3s2)n1. The summed E-state index contributed by atoms with van der Waals surface area (Å²) in [7, 11) is 0. The molecule has 2 heterocycles. The van der Waals surface area contributed by atoms with E-state index in [0.29, 0.717) is 5.69 Å². The van der Waals surface area contributed by atoms with Gasteiger partial charge in [0.1, 0.15) is 16.8 Å². The number of pyridine rings is 1. The molecule has 0 atom stereocenters. The number of anilines is 1. The number of aromatic nitrogens is 2. The van der Waals surface area contributed by atoms with Crippen LogP contribution in [0.3, 0.4) is 0 Å². The van der Waals surface area contributed by atoms with Crippen molar-refractivity contribution in [1.82, 2.24) is 9.97 Å². The number of benzene rings is 1. The minimum atomic E-state index is 0.412. The highest BCUT2D eigenvalue weighted by atomic mass is 32.2. The van der Waals surface area contributed by atoms with E-state index in [-0.39, 0.29) is 0 Å². The summed E-state index contributed by atoms with van der Waals surface area (Å²) in [5.74, 6) is 0. The maximum atomic E-state index is 8.82. The third kappa shape index (κ3) is 2.52. The van der Waals surface area contributed by atoms with E-state index in [0.717, 1.165) is 25.3 Å². The largest absolute Gasteiger partial charge is 0.399 e. The fourth-order valence-corrected chi connectivity index (χ4v) is 3.64. The molecule has 0 aliphatic rings. The highest BCUT2D eigenvalue weighted by molar-refractivity contribution is 8.01. The molecule has 3 aromatic rings. The molecule has 0 aliphatic carbocycles. The van der Waals surface area contributed by atoms with Crippen LogP contribution in [0.15, 0.2) is 45.8 Å². The van der Waals surface area contributed by atoms with Crippen LogP contribution in [-0.4, -0.2) is 9.97 Å². The molecule has 0 fully saturated rings. The van der Waals surface area contributed by atoms with Crippen LogP contribution < -0.4 is 5.73 Å². The Morgan fingerprint density at radius 2 is 2.11 bits per heavy atom. The van der Waals surface area contributed by atoms with Gasteiger partial charge in [-0.3, -0.25) is 0 Å². The van der Waals surface area contributed by atoms with Gasteiger partial charge in [0.05, 0.1) is 10.2 Å². The van der Waals surface area contributed by atoms with Crippen LogP contribution in [0.4, 0.5) is 5.69 Å². The second kappa shape index (κ2) is 4.88. The summed E-state index contributed by atoms with van der Waals surface area (Å²) < 4.78 is 1.95. The number of nitrogens with two attached hydrogens (primary N) is 1. The standard InChI is InChI=1S/C13H8N4S2/c14-7-9-2-1-3-12(16-9)19-13-17-10-5-4-8(15)6-11(10)18-13/h1-6H,15H2. The number of nitrogens with zero attached hydrogens (tertiary/aromatic N) is 3. The van der Waals surface area contributed by atoms with Gasteiger partial charge in [0.25, 0.3) is 0 Å². The van der Waals surface area contributed by atoms with Crippen molar-refractivity contribution in [3.05, 3.63) is 42.1 Å². The normalized spacial score (nSPS) is 10.5. The van der Waals surface area contributed by atoms with Crippen molar-refractivity contribution in [3.63, 3.8) is 0 Å². The first-order valence-electron chi connectivity index (χ1n) is 5.46. The minimum absolute atomic E-state index is 0.412. The average Bonchev–Trinajstić information content (AvgIpc) is 2.80. The van der Waals surface area contributed by atoms with Crippen LogP contribution in [0, 0.1) is 11.3 Å². The van der Waals surface area contributed by atoms with Gasteiger partial charge < -0.3 is 5.73 Å². The quantitative estimate of drug-likeness (QED) is 0.731. The van der Waals surface area contributed by atoms with Gasteiger partial charge in [-0.1, -0.05) is 6.07 Å². The molecule has 92 valence electrons. The Kier molecular flexibility index (Phi) is 3.07. The van der Waals surface area contributed by atoms with Crippen molar-refractivity contribution in [2.45, 2.75) is 9.37 Å². The van der Waals surface area contributed by atoms with Gasteiger partial charge in [-0.15, -0.1) is 11.3 Å². The molecule has 6 heteroatoms. The minimum Gasteiger partial charge on any atom is -0.399 e. The van der Waals surface area contributed by atoms with Crippen LogP contribution in [0.1, 0.15) is 5.69 Å². The molecule has 0 amide bonds. The summed E-state index contributed by atoms with van der Waals surface area (Å²) in [5.41, 5.74) is 7.82. The first kappa shape index (κ1) is 12.0. The smallest absolute Gasteiger partial charge is 0.157 e. The van der Waals surface area contributed by atoms with Crippen molar-refractivity contribution in [2.75, 3.05) is 5.73 Å². The topological polar surface area (TPSA) is 75.6 Å². The number of hydrogen-bond acceptors (Lipinski definition) is 6. The van der Waals surface area contributed by atoms with Crippen molar-refractivity contribution < 1.29 is 0 Å². The maximum absolute atomic E-state index is 8.82. The molecule has 3 rings (SSSR count). The summed E-state index contributed by atoms with van der Waals surface area (Å²) >= 11 is 3.02. The highest BCUT2D eigenvalue weighted by Crippen LogP contribution is 2.34. The highest BCUT2D eigenvalue weighted by Gasteiger charge is 2.07. The second-order valence-corrected chi connectivity index (χ2v) is 6.08. The van der Waals surface area contributed by atoms with Gasteiger partial charge in [0, 0.05) is 5.69 Å². The molecule has 19 heavy (non-hydrogen) atoms. The Morgan fingerprint density at radius 3 is 2.95 bits per heavy atom. The molecule has 0 spiro atoms. The van der Waals surface area contributed by atoms with E-state index in [1.165, 1.54) is 11.8 Å². The number of hydrogen-bond donors (Lipinski definition) is 1. The monoisotopic (exact) mass is 284 g/mol. The summed E-state index contributed by atoms with van der Waals surface area (Å²) in [5, 5.41) is 9.59. The van der Waals surface area contributed by atoms with Crippen LogP contribution >= 0.6 is 23.1 Å². The third-order valence-corrected chi connectivity index (χ3v) is 4.44. The van der Waals surface area contributed by atoms with Crippen LogP contribution in [0.25, 0.3) is 10.2 Å². The fraction of sp³-hybridized carbons (Fsp3) is 0. The van der Waals surface area contributed by atoms with Gasteiger partial charge in [-0.05, 0) is 42.1 Å². The van der Waals surface area contributed by atoms with E-state index in [9.17, 15) is 0 Å². The maximum Gasteiger partial charge on any atom is 0.157 e. The zero-order chi connectivity index (χ0) is 13.2. The summed E-state index contributed by atoms with van der Waals surface area (Å²) in [6, 6.07) is 13.1. The molecular formula is C13H8N4S2. The van der Waals surface area contributed by atoms with Crippen molar-refractivity contribution in [3.8, 4) is 6.07 Å². The molecule has 0 saturated heterocycles. The van der Waals surface area contributed by atoms with Crippen molar-refractivity contribution in [1.29, 1.82) is 5.26 Å². The third-order valence-electron chi connectivity index (χ3n) is 2.42. The number of nitriles is 1. The summed E-state index contributed by atoms with van der Waals surface area (Å²) in [6.45, 7) is 0. The zero-order valence-electron chi connectivity index (χ0n) is 9.70. The first-order valence-corrected chi connectivity index (χ1v) is 7.09. The Morgan fingerprint density at radius 1 is 1.21 bits per heavy atom. The number of rotatable bonds is 2. The second-order valence-electron chi connectivity index (χ2n) is 3.78. The Bertz CT molecular complexity index is 789. The molecule has 4 nitrogen and oxygen atoms in total. The van der Waals surface area contributed by atoms with E-state index in [1.54, 1.807) is 17.4 Å². The Labute approximate surface area is 117 Å². The average molecular weight is 284 g/mol. The van der Waals surface area contributed by atoms with Crippen LogP contribution in [-0.2, 0) is 0 Å². The van der Waals surface area contributed by atoms with Gasteiger partial charge in [0.2, 0.25) is 0 Å². The van der Waals surface area contributed by atoms with Gasteiger partial charge in [0.15, 0.2) is 4.34 Å². The lowest BCUT2D eigenvalue weighted by molar-refractivity contribution is 1.10. The number of fused-ring (bicyclic) bond motifs is 1. The van der Waals surface area contributed by atoms with Crippen molar-refractivity contribution in [2.24, 2.45) is 0 Å². The fourth-order valence-electron chi connectivity index (χ4n) is 1.59. The van der Waals surface area contributed by atoms with Gasteiger partial charge >= 0.3 is 0 Å². The lowest BCUT2D eigenvalue weighted by Crippen LogP contribution is -1.83. The van der Waals surface area contributed by atoms with E-state index < -0.39 is 0 Å². The van der Waals surface area contributed by atoms with Gasteiger partial charge in [-0.2, -0.15) is 5.26 Å². The molecule has 0 saturated carbocycles. The molecule has 0 unspecified atom stereocenters. The number of thiazole rings is 1. The zero-order valence-corrected chi connectivity index (χ0v) is 11.3. The van der Waals surface area contributed by atoms with E-state index >= 15 is 0 Å². The predicted octanol–water partition coefficient (Wildman–Crippen LogP) is 3.30. The predicted molar refractivity (Wildman–Crippen MR) is 77.1 cm³/mol. The van der Waals surface area contributed by atoms with E-state index in [4.69, 9.17) is 11.0 Å². The lowest BCUT2D eigenvalue weighted by atomic mass is 10.3. The lowest BCUT2D eigenvalue weighted by Gasteiger charge is -1.95. The first-order chi connectivity index (χ1) is 9.24. The van der Waals surface area contributed by atoms with E-state index in [1.807, 2.05) is 36.4 Å². The Hall–Kier alpha value is -2.10. The number of nitrogen functional groups attached to an aromatic ring is 1. The molecular weight excluding hydrogens is 276 g/mol. The molecule has 2 aromatic heterocycles. The molecule has 0 bridgehead atoms. The van der Waals surface area contributed by atoms with Crippen LogP contribution in [0.5, 0.6) is 0 Å². The molecule has 1 aromatic carbocycles. The molecule has 0 radical (unpaired) electrons. The molecule has 0 aliphatic heterocycles. The summed E-state index contributed by atoms with van der Waals surface area (Å²) in [4.78, 5) is 8.73. The van der Waals surface area contributed by atoms with Crippen LogP contribution in [0.2, 0.25) is 0 Å².